The predicted octanol–water partition coefficient (Wildman–Crippen LogP) is 3.04. The van der Waals surface area contributed by atoms with Crippen LogP contribution in [0, 0.1) is 0 Å². The second kappa shape index (κ2) is 10.0. The molecular formula is C26H29N9O2S. The van der Waals surface area contributed by atoms with Crippen molar-refractivity contribution in [3.05, 3.63) is 64.0 Å². The lowest BCUT2D eigenvalue weighted by atomic mass is 10.1. The lowest BCUT2D eigenvalue weighted by Crippen LogP contribution is -2.37. The van der Waals surface area contributed by atoms with Crippen molar-refractivity contribution >= 4 is 44.8 Å². The van der Waals surface area contributed by atoms with Crippen LogP contribution in [0.15, 0.2) is 47.8 Å². The van der Waals surface area contributed by atoms with Gasteiger partial charge in [0.15, 0.2) is 0 Å². The van der Waals surface area contributed by atoms with Gasteiger partial charge in [-0.3, -0.25) is 14.2 Å². The zero-order valence-electron chi connectivity index (χ0n) is 20.9. The van der Waals surface area contributed by atoms with Gasteiger partial charge in [-0.1, -0.05) is 6.92 Å². The summed E-state index contributed by atoms with van der Waals surface area (Å²) >= 11 is 1.57. The first-order valence-corrected chi connectivity index (χ1v) is 13.6. The van der Waals surface area contributed by atoms with Gasteiger partial charge < -0.3 is 21.7 Å². The highest BCUT2D eigenvalue weighted by molar-refractivity contribution is 7.19. The van der Waals surface area contributed by atoms with Crippen molar-refractivity contribution in [1.29, 1.82) is 0 Å². The smallest absolute Gasteiger partial charge is 0.277 e. The van der Waals surface area contributed by atoms with Crippen molar-refractivity contribution < 1.29 is 4.79 Å². The van der Waals surface area contributed by atoms with Crippen LogP contribution in [0.2, 0.25) is 0 Å². The fourth-order valence-corrected chi connectivity index (χ4v) is 6.44. The highest BCUT2D eigenvalue weighted by atomic mass is 32.1. The average Bonchev–Trinajstić information content (AvgIpc) is 3.62. The molecule has 196 valence electrons. The van der Waals surface area contributed by atoms with Crippen LogP contribution in [0.25, 0.3) is 10.1 Å². The molecule has 1 aliphatic carbocycles. The molecule has 4 aromatic heterocycles. The molecule has 5 N–H and O–H groups in total. The third-order valence-electron chi connectivity index (χ3n) is 7.26. The minimum atomic E-state index is -0.596. The van der Waals surface area contributed by atoms with Gasteiger partial charge in [-0.25, -0.2) is 19.9 Å². The number of nitrogens with zero attached hydrogens (tertiary/aromatic N) is 5. The number of carbonyl (C=O) groups excluding carboxylic acids is 1. The first-order chi connectivity index (χ1) is 18.4. The van der Waals surface area contributed by atoms with E-state index in [0.717, 1.165) is 34.2 Å². The normalized spacial score (nSPS) is 22.3. The Bertz CT molecular complexity index is 1540. The number of nitrogens with one attached hydrogen (secondary N) is 3. The minimum absolute atomic E-state index is 0.0109. The number of aromatic nitrogens is 5. The lowest BCUT2D eigenvalue weighted by molar-refractivity contribution is -0.124. The second-order valence-corrected chi connectivity index (χ2v) is 11.2. The standard InChI is InChI=1S/C26H29N9O2S/c1-14-7-20(24(36)32-12-18-8-15-11-30-22(27)10-21(15)38-18)35-23(14)31-13-19(25(35)37)33-16-3-4-17(9-16)34-26-28-5-2-6-29-26/h2,5-6,8,10-11,13-14,16-17,20,33H,3-4,7,9,12H2,1H3,(H2,27,30)(H,32,36)(H,28,29,34)/t14-,16-,17-,20+/m1/s1. The van der Waals surface area contributed by atoms with Crippen LogP contribution in [0.3, 0.4) is 0 Å². The predicted molar refractivity (Wildman–Crippen MR) is 147 cm³/mol. The summed E-state index contributed by atoms with van der Waals surface area (Å²) in [5.41, 5.74) is 6.01. The molecule has 0 saturated heterocycles. The number of anilines is 3. The van der Waals surface area contributed by atoms with Crippen molar-refractivity contribution in [3.63, 3.8) is 0 Å². The number of rotatable bonds is 7. The number of nitrogen functional groups attached to an aromatic ring is 1. The number of hydrogen-bond donors (Lipinski definition) is 4. The average molecular weight is 532 g/mol. The molecule has 5 heterocycles. The highest BCUT2D eigenvalue weighted by Crippen LogP contribution is 2.34. The topological polar surface area (TPSA) is 153 Å². The number of fused-ring (bicyclic) bond motifs is 2. The van der Waals surface area contributed by atoms with Gasteiger partial charge in [0.2, 0.25) is 11.9 Å². The number of amides is 1. The Labute approximate surface area is 222 Å². The molecule has 12 heteroatoms. The summed E-state index contributed by atoms with van der Waals surface area (Å²) in [5, 5.41) is 10.7. The molecular weight excluding hydrogens is 502 g/mol. The van der Waals surface area contributed by atoms with E-state index in [1.807, 2.05) is 19.1 Å². The van der Waals surface area contributed by atoms with E-state index < -0.39 is 6.04 Å². The fourth-order valence-electron chi connectivity index (χ4n) is 5.42. The molecule has 1 amide bonds. The summed E-state index contributed by atoms with van der Waals surface area (Å²) in [7, 11) is 0. The fraction of sp³-hybridized carbons (Fsp3) is 0.385. The van der Waals surface area contributed by atoms with E-state index >= 15 is 0 Å². The van der Waals surface area contributed by atoms with Crippen LogP contribution in [0.1, 0.15) is 55.3 Å². The molecule has 6 rings (SSSR count). The third kappa shape index (κ3) is 4.78. The molecule has 0 unspecified atom stereocenters. The Balaban J connectivity index is 1.13. The van der Waals surface area contributed by atoms with Crippen molar-refractivity contribution in [1.82, 2.24) is 29.8 Å². The summed E-state index contributed by atoms with van der Waals surface area (Å²) < 4.78 is 2.60. The van der Waals surface area contributed by atoms with E-state index in [-0.39, 0.29) is 29.5 Å². The van der Waals surface area contributed by atoms with Crippen molar-refractivity contribution in [2.24, 2.45) is 0 Å². The molecule has 1 saturated carbocycles. The van der Waals surface area contributed by atoms with E-state index in [4.69, 9.17) is 5.73 Å². The second-order valence-electron chi connectivity index (χ2n) is 10.0. The summed E-state index contributed by atoms with van der Waals surface area (Å²) in [6.07, 6.45) is 9.98. The van der Waals surface area contributed by atoms with Crippen molar-refractivity contribution in [2.45, 2.75) is 63.2 Å². The van der Waals surface area contributed by atoms with Crippen molar-refractivity contribution in [3.8, 4) is 0 Å². The lowest BCUT2D eigenvalue weighted by Gasteiger charge is -2.18. The van der Waals surface area contributed by atoms with Crippen LogP contribution >= 0.6 is 11.3 Å². The van der Waals surface area contributed by atoms with Crippen molar-refractivity contribution in [2.75, 3.05) is 16.4 Å². The zero-order valence-corrected chi connectivity index (χ0v) is 21.7. The van der Waals surface area contributed by atoms with Gasteiger partial charge >= 0.3 is 0 Å². The molecule has 2 aliphatic rings. The molecule has 1 aliphatic heterocycles. The molecule has 0 radical (unpaired) electrons. The minimum Gasteiger partial charge on any atom is -0.384 e. The summed E-state index contributed by atoms with van der Waals surface area (Å²) in [4.78, 5) is 45.0. The number of hydrogen-bond acceptors (Lipinski definition) is 10. The Kier molecular flexibility index (Phi) is 6.40. The Hall–Kier alpha value is -4.06. The van der Waals surface area contributed by atoms with Gasteiger partial charge in [0.25, 0.3) is 5.56 Å². The van der Waals surface area contributed by atoms with Gasteiger partial charge in [0.1, 0.15) is 23.4 Å². The van der Waals surface area contributed by atoms with Crippen LogP contribution in [-0.2, 0) is 11.3 Å². The highest BCUT2D eigenvalue weighted by Gasteiger charge is 2.36. The molecule has 4 aromatic rings. The molecule has 0 spiro atoms. The van der Waals surface area contributed by atoms with Gasteiger partial charge in [-0.05, 0) is 43.9 Å². The summed E-state index contributed by atoms with van der Waals surface area (Å²) in [5.74, 6) is 1.56. The Morgan fingerprint density at radius 3 is 2.68 bits per heavy atom. The third-order valence-corrected chi connectivity index (χ3v) is 8.35. The Morgan fingerprint density at radius 1 is 1.08 bits per heavy atom. The quantitative estimate of drug-likeness (QED) is 0.282. The maximum absolute atomic E-state index is 13.5. The number of thiophene rings is 1. The summed E-state index contributed by atoms with van der Waals surface area (Å²) in [6, 6.07) is 5.36. The molecule has 4 atom stereocenters. The number of nitrogens with two attached hydrogens (primary N) is 1. The van der Waals surface area contributed by atoms with Gasteiger partial charge in [0, 0.05) is 51.6 Å². The largest absolute Gasteiger partial charge is 0.384 e. The number of pyridine rings is 1. The zero-order chi connectivity index (χ0) is 26.2. The van der Waals surface area contributed by atoms with E-state index in [0.29, 0.717) is 36.2 Å². The monoisotopic (exact) mass is 531 g/mol. The van der Waals surface area contributed by atoms with E-state index in [2.05, 4.69) is 35.9 Å². The van der Waals surface area contributed by atoms with E-state index in [1.54, 1.807) is 46.8 Å². The molecule has 0 bridgehead atoms. The van der Waals surface area contributed by atoms with Gasteiger partial charge in [-0.15, -0.1) is 11.3 Å². The van der Waals surface area contributed by atoms with Crippen LogP contribution < -0.4 is 27.2 Å². The van der Waals surface area contributed by atoms with Crippen LogP contribution in [0.4, 0.5) is 17.5 Å². The van der Waals surface area contributed by atoms with Gasteiger partial charge in [-0.2, -0.15) is 0 Å². The molecule has 0 aromatic carbocycles. The first kappa shape index (κ1) is 24.3. The maximum atomic E-state index is 13.5. The first-order valence-electron chi connectivity index (χ1n) is 12.8. The summed E-state index contributed by atoms with van der Waals surface area (Å²) in [6.45, 7) is 2.38. The van der Waals surface area contributed by atoms with Crippen LogP contribution in [-0.4, -0.2) is 42.5 Å². The van der Waals surface area contributed by atoms with Gasteiger partial charge in [0.05, 0.1) is 12.7 Å². The molecule has 11 nitrogen and oxygen atoms in total. The maximum Gasteiger partial charge on any atom is 0.277 e. The molecule has 1 fully saturated rings. The molecule has 38 heavy (non-hydrogen) atoms. The number of carbonyl (C=O) groups is 1. The SMILES string of the molecule is C[C@@H]1C[C@@H](C(=O)NCc2cc3cnc(N)cc3s2)n2c1ncc(N[C@@H]1CC[C@@H](Nc3ncccn3)C1)c2=O. The van der Waals surface area contributed by atoms with Crippen LogP contribution in [0.5, 0.6) is 0 Å². The Morgan fingerprint density at radius 2 is 1.87 bits per heavy atom. The van der Waals surface area contributed by atoms with E-state index in [1.165, 1.54) is 0 Å². The van der Waals surface area contributed by atoms with E-state index in [9.17, 15) is 9.59 Å².